The number of rotatable bonds is 2. The number of halogens is 2. The molecular formula is C12H13Cl2N3O2. The van der Waals surface area contributed by atoms with Crippen LogP contribution in [0.2, 0.25) is 10.0 Å². The Labute approximate surface area is 120 Å². The first-order chi connectivity index (χ1) is 9.04. The Bertz CT molecular complexity index is 534. The predicted molar refractivity (Wildman–Crippen MR) is 73.9 cm³/mol. The van der Waals surface area contributed by atoms with E-state index in [0.29, 0.717) is 28.6 Å². The highest BCUT2D eigenvalue weighted by Gasteiger charge is 2.33. The standard InChI is InChI=1S/C12H13Cl2N3O2/c13-7-3-4-8(9(14)6-7)12(18)17-5-1-2-10(17)11(15)16-19/h3-4,6,10,19H,1-2,5H2,(H2,15,16). The summed E-state index contributed by atoms with van der Waals surface area (Å²) >= 11 is 11.8. The molecule has 3 N–H and O–H groups in total. The van der Waals surface area contributed by atoms with Crippen LogP contribution in [-0.2, 0) is 0 Å². The number of oxime groups is 1. The predicted octanol–water partition coefficient (Wildman–Crippen LogP) is 2.34. The number of amides is 1. The average molecular weight is 302 g/mol. The zero-order chi connectivity index (χ0) is 14.0. The highest BCUT2D eigenvalue weighted by molar-refractivity contribution is 6.36. The zero-order valence-electron chi connectivity index (χ0n) is 10.0. The molecule has 1 amide bonds. The Balaban J connectivity index is 2.28. The topological polar surface area (TPSA) is 78.9 Å². The van der Waals surface area contributed by atoms with Gasteiger partial charge in [-0.05, 0) is 31.0 Å². The Morgan fingerprint density at radius 1 is 1.47 bits per heavy atom. The van der Waals surface area contributed by atoms with E-state index < -0.39 is 0 Å². The van der Waals surface area contributed by atoms with Crippen LogP contribution in [0.15, 0.2) is 23.4 Å². The second kappa shape index (κ2) is 5.67. The summed E-state index contributed by atoms with van der Waals surface area (Å²) in [7, 11) is 0. The van der Waals surface area contributed by atoms with Crippen LogP contribution in [0.1, 0.15) is 23.2 Å². The Hall–Kier alpha value is -1.46. The lowest BCUT2D eigenvalue weighted by atomic mass is 10.1. The number of carbonyl (C=O) groups excluding carboxylic acids is 1. The number of amidine groups is 1. The van der Waals surface area contributed by atoms with Gasteiger partial charge < -0.3 is 15.8 Å². The van der Waals surface area contributed by atoms with Gasteiger partial charge in [-0.25, -0.2) is 0 Å². The van der Waals surface area contributed by atoms with Crippen molar-refractivity contribution >= 4 is 34.9 Å². The maximum Gasteiger partial charge on any atom is 0.255 e. The number of nitrogens with zero attached hydrogens (tertiary/aromatic N) is 2. The number of hydrogen-bond donors (Lipinski definition) is 2. The monoisotopic (exact) mass is 301 g/mol. The van der Waals surface area contributed by atoms with Crippen molar-refractivity contribution in [3.8, 4) is 0 Å². The molecule has 5 nitrogen and oxygen atoms in total. The Morgan fingerprint density at radius 3 is 2.84 bits per heavy atom. The summed E-state index contributed by atoms with van der Waals surface area (Å²) in [6.07, 6.45) is 1.48. The lowest BCUT2D eigenvalue weighted by Crippen LogP contribution is -2.44. The summed E-state index contributed by atoms with van der Waals surface area (Å²) in [4.78, 5) is 14.0. The van der Waals surface area contributed by atoms with Crippen molar-refractivity contribution in [3.05, 3.63) is 33.8 Å². The molecule has 0 saturated carbocycles. The fourth-order valence-electron chi connectivity index (χ4n) is 2.20. The fraction of sp³-hybridized carbons (Fsp3) is 0.333. The van der Waals surface area contributed by atoms with Gasteiger partial charge in [-0.2, -0.15) is 0 Å². The maximum absolute atomic E-state index is 12.4. The molecule has 0 aliphatic carbocycles. The quantitative estimate of drug-likeness (QED) is 0.381. The van der Waals surface area contributed by atoms with Gasteiger partial charge in [-0.1, -0.05) is 28.4 Å². The van der Waals surface area contributed by atoms with E-state index in [2.05, 4.69) is 5.16 Å². The normalized spacial score (nSPS) is 19.8. The first kappa shape index (κ1) is 14.0. The third-order valence-electron chi connectivity index (χ3n) is 3.13. The minimum absolute atomic E-state index is 0.0379. The van der Waals surface area contributed by atoms with Gasteiger partial charge in [0.25, 0.3) is 5.91 Å². The van der Waals surface area contributed by atoms with Crippen molar-refractivity contribution in [1.82, 2.24) is 4.90 Å². The Morgan fingerprint density at radius 2 is 2.21 bits per heavy atom. The number of benzene rings is 1. The number of nitrogens with two attached hydrogens (primary N) is 1. The van der Waals surface area contributed by atoms with Gasteiger partial charge in [0.15, 0.2) is 5.84 Å². The third kappa shape index (κ3) is 2.77. The molecule has 2 rings (SSSR count). The van der Waals surface area contributed by atoms with Gasteiger partial charge >= 0.3 is 0 Å². The fourth-order valence-corrected chi connectivity index (χ4v) is 2.69. The minimum atomic E-state index is -0.385. The summed E-state index contributed by atoms with van der Waals surface area (Å²) in [5.41, 5.74) is 5.96. The van der Waals surface area contributed by atoms with E-state index in [9.17, 15) is 4.79 Å². The molecule has 1 fully saturated rings. The van der Waals surface area contributed by atoms with Gasteiger partial charge in [0, 0.05) is 11.6 Å². The molecule has 19 heavy (non-hydrogen) atoms. The minimum Gasteiger partial charge on any atom is -0.409 e. The molecule has 1 atom stereocenters. The van der Waals surface area contributed by atoms with Gasteiger partial charge in [0.1, 0.15) is 0 Å². The van der Waals surface area contributed by atoms with E-state index in [0.717, 1.165) is 6.42 Å². The van der Waals surface area contributed by atoms with Gasteiger partial charge in [0.2, 0.25) is 0 Å². The third-order valence-corrected chi connectivity index (χ3v) is 3.68. The SMILES string of the molecule is NC(=NO)C1CCCN1C(=O)c1ccc(Cl)cc1Cl. The van der Waals surface area contributed by atoms with Crippen LogP contribution in [0.3, 0.4) is 0 Å². The van der Waals surface area contributed by atoms with E-state index in [1.165, 1.54) is 6.07 Å². The van der Waals surface area contributed by atoms with E-state index in [4.69, 9.17) is 34.1 Å². The molecule has 1 heterocycles. The molecule has 7 heteroatoms. The van der Waals surface area contributed by atoms with Crippen LogP contribution < -0.4 is 5.73 Å². The van der Waals surface area contributed by atoms with E-state index in [1.807, 2.05) is 0 Å². The lowest BCUT2D eigenvalue weighted by Gasteiger charge is -2.24. The van der Waals surface area contributed by atoms with Crippen LogP contribution in [-0.4, -0.2) is 34.4 Å². The van der Waals surface area contributed by atoms with Crippen LogP contribution in [0, 0.1) is 0 Å². The number of hydrogen-bond acceptors (Lipinski definition) is 3. The molecule has 1 aliphatic rings. The molecule has 1 unspecified atom stereocenters. The average Bonchev–Trinajstić information content (AvgIpc) is 2.86. The van der Waals surface area contributed by atoms with Crippen molar-refractivity contribution in [2.45, 2.75) is 18.9 Å². The molecular weight excluding hydrogens is 289 g/mol. The van der Waals surface area contributed by atoms with Gasteiger partial charge in [0.05, 0.1) is 16.6 Å². The second-order valence-corrected chi connectivity index (χ2v) is 5.15. The molecule has 102 valence electrons. The summed E-state index contributed by atoms with van der Waals surface area (Å²) < 4.78 is 0. The number of carbonyl (C=O) groups is 1. The molecule has 0 spiro atoms. The molecule has 1 aliphatic heterocycles. The zero-order valence-corrected chi connectivity index (χ0v) is 11.5. The van der Waals surface area contributed by atoms with Crippen molar-refractivity contribution in [2.75, 3.05) is 6.54 Å². The van der Waals surface area contributed by atoms with Crippen molar-refractivity contribution in [1.29, 1.82) is 0 Å². The smallest absolute Gasteiger partial charge is 0.255 e. The van der Waals surface area contributed by atoms with Gasteiger partial charge in [-0.3, -0.25) is 4.79 Å². The second-order valence-electron chi connectivity index (χ2n) is 4.31. The summed E-state index contributed by atoms with van der Waals surface area (Å²) in [6, 6.07) is 4.32. The maximum atomic E-state index is 12.4. The molecule has 0 bridgehead atoms. The molecule has 0 aromatic heterocycles. The van der Waals surface area contributed by atoms with E-state index in [1.54, 1.807) is 17.0 Å². The highest BCUT2D eigenvalue weighted by Crippen LogP contribution is 2.26. The summed E-state index contributed by atoms with van der Waals surface area (Å²) in [5, 5.41) is 12.5. The first-order valence-electron chi connectivity index (χ1n) is 5.78. The first-order valence-corrected chi connectivity index (χ1v) is 6.53. The molecule has 1 aromatic carbocycles. The molecule has 1 saturated heterocycles. The van der Waals surface area contributed by atoms with E-state index >= 15 is 0 Å². The molecule has 1 aromatic rings. The largest absolute Gasteiger partial charge is 0.409 e. The highest BCUT2D eigenvalue weighted by atomic mass is 35.5. The van der Waals surface area contributed by atoms with Crippen molar-refractivity contribution < 1.29 is 10.0 Å². The summed E-state index contributed by atoms with van der Waals surface area (Å²) in [5.74, 6) is -0.202. The van der Waals surface area contributed by atoms with Crippen molar-refractivity contribution in [2.24, 2.45) is 10.9 Å². The van der Waals surface area contributed by atoms with Crippen LogP contribution in [0.4, 0.5) is 0 Å². The van der Waals surface area contributed by atoms with Crippen LogP contribution >= 0.6 is 23.2 Å². The van der Waals surface area contributed by atoms with Crippen molar-refractivity contribution in [3.63, 3.8) is 0 Å². The molecule has 0 radical (unpaired) electrons. The van der Waals surface area contributed by atoms with E-state index in [-0.39, 0.29) is 17.8 Å². The number of likely N-dealkylation sites (tertiary alicyclic amines) is 1. The van der Waals surface area contributed by atoms with Crippen LogP contribution in [0.25, 0.3) is 0 Å². The lowest BCUT2D eigenvalue weighted by molar-refractivity contribution is 0.0768. The van der Waals surface area contributed by atoms with Crippen LogP contribution in [0.5, 0.6) is 0 Å². The summed E-state index contributed by atoms with van der Waals surface area (Å²) in [6.45, 7) is 0.554. The van der Waals surface area contributed by atoms with Gasteiger partial charge in [-0.15, -0.1) is 0 Å². The Kier molecular flexibility index (Phi) is 4.17.